The Balaban J connectivity index is 1.40. The Morgan fingerprint density at radius 1 is 1.16 bits per heavy atom. The Morgan fingerprint density at radius 2 is 2.00 bits per heavy atom. The van der Waals surface area contributed by atoms with Crippen LogP contribution in [0.5, 0.6) is 0 Å². The maximum atomic E-state index is 4.78. The lowest BCUT2D eigenvalue weighted by atomic mass is 10.2. The molecule has 0 aliphatic carbocycles. The summed E-state index contributed by atoms with van der Waals surface area (Å²) in [4.78, 5) is 17.4. The highest BCUT2D eigenvalue weighted by molar-refractivity contribution is 9.10. The molecule has 0 radical (unpaired) electrons. The molecule has 1 aliphatic heterocycles. The lowest BCUT2D eigenvalue weighted by molar-refractivity contribution is 0.233. The van der Waals surface area contributed by atoms with Crippen LogP contribution >= 0.6 is 15.9 Å². The van der Waals surface area contributed by atoms with Gasteiger partial charge in [0.25, 0.3) is 0 Å². The molecule has 1 aromatic carbocycles. The molecular formula is C20H23BrN10. The van der Waals surface area contributed by atoms with Gasteiger partial charge in [-0.15, -0.1) is 10.2 Å². The van der Waals surface area contributed by atoms with Crippen molar-refractivity contribution in [1.82, 2.24) is 39.7 Å². The molecule has 1 saturated heterocycles. The minimum Gasteiger partial charge on any atom is -0.347 e. The molecule has 160 valence electrons. The number of hydrogen-bond acceptors (Lipinski definition) is 8. The first-order valence-corrected chi connectivity index (χ1v) is 10.9. The predicted octanol–water partition coefficient (Wildman–Crippen LogP) is 2.42. The zero-order valence-electron chi connectivity index (χ0n) is 17.3. The van der Waals surface area contributed by atoms with Gasteiger partial charge in [-0.05, 0) is 29.9 Å². The molecule has 31 heavy (non-hydrogen) atoms. The third kappa shape index (κ3) is 3.98. The highest BCUT2D eigenvalue weighted by atomic mass is 79.9. The molecule has 11 heteroatoms. The van der Waals surface area contributed by atoms with Crippen molar-refractivity contribution in [2.45, 2.75) is 19.5 Å². The normalized spacial score (nSPS) is 17.4. The van der Waals surface area contributed by atoms with Crippen LogP contribution in [0.25, 0.3) is 17.0 Å². The summed E-state index contributed by atoms with van der Waals surface area (Å²) in [6, 6.07) is 10.4. The van der Waals surface area contributed by atoms with E-state index in [-0.39, 0.29) is 0 Å². The molecule has 1 fully saturated rings. The van der Waals surface area contributed by atoms with Crippen LogP contribution in [0.2, 0.25) is 0 Å². The number of H-pyrrole nitrogens is 1. The maximum absolute atomic E-state index is 4.78. The van der Waals surface area contributed by atoms with Crippen LogP contribution in [0.3, 0.4) is 0 Å². The summed E-state index contributed by atoms with van der Waals surface area (Å²) in [5.41, 5.74) is 1.72. The molecule has 5 rings (SSSR count). The van der Waals surface area contributed by atoms with Crippen molar-refractivity contribution in [3.63, 3.8) is 0 Å². The van der Waals surface area contributed by atoms with E-state index in [0.717, 1.165) is 41.1 Å². The summed E-state index contributed by atoms with van der Waals surface area (Å²) in [6.45, 7) is 5.37. The highest BCUT2D eigenvalue weighted by Gasteiger charge is 2.24. The maximum Gasteiger partial charge on any atom is 0.230 e. The van der Waals surface area contributed by atoms with E-state index < -0.39 is 0 Å². The van der Waals surface area contributed by atoms with E-state index in [2.05, 4.69) is 65.3 Å². The molecule has 0 saturated carbocycles. The number of aromatic amines is 1. The molecular weight excluding hydrogens is 460 g/mol. The predicted molar refractivity (Wildman–Crippen MR) is 122 cm³/mol. The Kier molecular flexibility index (Phi) is 5.28. The number of fused-ring (bicyclic) bond motifs is 1. The molecule has 1 aliphatic rings. The number of benzene rings is 1. The van der Waals surface area contributed by atoms with Gasteiger partial charge in [0.15, 0.2) is 11.5 Å². The molecule has 3 aromatic heterocycles. The van der Waals surface area contributed by atoms with Gasteiger partial charge in [0, 0.05) is 31.2 Å². The van der Waals surface area contributed by atoms with Gasteiger partial charge in [0.05, 0.1) is 17.2 Å². The molecule has 1 atom stereocenters. The zero-order chi connectivity index (χ0) is 21.4. The molecule has 0 amide bonds. The fourth-order valence-corrected chi connectivity index (χ4v) is 3.94. The van der Waals surface area contributed by atoms with E-state index in [1.165, 1.54) is 0 Å². The van der Waals surface area contributed by atoms with Gasteiger partial charge < -0.3 is 20.1 Å². The third-order valence-electron chi connectivity index (χ3n) is 5.55. The fourth-order valence-electron chi connectivity index (χ4n) is 3.59. The Morgan fingerprint density at radius 3 is 2.81 bits per heavy atom. The van der Waals surface area contributed by atoms with Gasteiger partial charge in [-0.1, -0.05) is 30.3 Å². The van der Waals surface area contributed by atoms with E-state index >= 15 is 0 Å². The van der Waals surface area contributed by atoms with Crippen LogP contribution in [0.4, 0.5) is 11.9 Å². The average Bonchev–Trinajstić information content (AvgIpc) is 3.42. The van der Waals surface area contributed by atoms with Crippen LogP contribution in [0, 0.1) is 0 Å². The van der Waals surface area contributed by atoms with Crippen molar-refractivity contribution in [3.8, 4) is 11.4 Å². The van der Waals surface area contributed by atoms with Crippen molar-refractivity contribution in [1.29, 1.82) is 0 Å². The van der Waals surface area contributed by atoms with E-state index in [9.17, 15) is 0 Å². The molecule has 4 heterocycles. The summed E-state index contributed by atoms with van der Waals surface area (Å²) in [5, 5.41) is 16.3. The molecule has 0 unspecified atom stereocenters. The Labute approximate surface area is 187 Å². The summed E-state index contributed by atoms with van der Waals surface area (Å²) in [7, 11) is 2.15. The summed E-state index contributed by atoms with van der Waals surface area (Å²) in [5.74, 6) is 2.75. The SMILES string of the molecule is C[C@H]1CN(c2nc(NCc3nnc(-c4ccccc4)[nH]3)n3ncc(Br)c3n2)CCN1C. The van der Waals surface area contributed by atoms with Gasteiger partial charge in [-0.3, -0.25) is 0 Å². The van der Waals surface area contributed by atoms with Gasteiger partial charge in [0.1, 0.15) is 5.82 Å². The number of likely N-dealkylation sites (N-methyl/N-ethyl adjacent to an activating group) is 1. The van der Waals surface area contributed by atoms with Crippen molar-refractivity contribution < 1.29 is 0 Å². The number of rotatable bonds is 5. The minimum absolute atomic E-state index is 0.433. The van der Waals surface area contributed by atoms with E-state index in [4.69, 9.17) is 9.97 Å². The first kappa shape index (κ1) is 19.9. The first-order valence-electron chi connectivity index (χ1n) is 10.2. The molecule has 2 N–H and O–H groups in total. The van der Waals surface area contributed by atoms with Gasteiger partial charge in [-0.25, -0.2) is 0 Å². The van der Waals surface area contributed by atoms with Crippen molar-refractivity contribution in [3.05, 3.63) is 46.8 Å². The number of nitrogens with one attached hydrogen (secondary N) is 2. The van der Waals surface area contributed by atoms with Crippen LogP contribution in [-0.2, 0) is 6.54 Å². The van der Waals surface area contributed by atoms with Crippen molar-refractivity contribution >= 4 is 33.5 Å². The average molecular weight is 483 g/mol. The summed E-state index contributed by atoms with van der Waals surface area (Å²) < 4.78 is 2.52. The number of nitrogens with zero attached hydrogens (tertiary/aromatic N) is 8. The van der Waals surface area contributed by atoms with Crippen molar-refractivity contribution in [2.75, 3.05) is 36.9 Å². The first-order chi connectivity index (χ1) is 15.1. The van der Waals surface area contributed by atoms with Gasteiger partial charge in [0.2, 0.25) is 11.9 Å². The zero-order valence-corrected chi connectivity index (χ0v) is 18.9. The Bertz CT molecular complexity index is 1190. The standard InChI is InChI=1S/C20H23BrN10/c1-13-12-30(9-8-29(13)2)20-25-18-15(21)10-23-31(18)19(26-20)22-11-16-24-17(28-27-16)14-6-4-3-5-7-14/h3-7,10,13H,8-9,11-12H2,1-2H3,(H,22,25,26)(H,24,27,28)/t13-/m0/s1. The topological polar surface area (TPSA) is 103 Å². The Hall–Kier alpha value is -3.05. The molecule has 0 bridgehead atoms. The smallest absolute Gasteiger partial charge is 0.230 e. The quantitative estimate of drug-likeness (QED) is 0.446. The summed E-state index contributed by atoms with van der Waals surface area (Å²) in [6.07, 6.45) is 1.73. The lowest BCUT2D eigenvalue weighted by Crippen LogP contribution is -2.50. The second kappa shape index (κ2) is 8.23. The largest absolute Gasteiger partial charge is 0.347 e. The number of piperazine rings is 1. The highest BCUT2D eigenvalue weighted by Crippen LogP contribution is 2.23. The fraction of sp³-hybridized carbons (Fsp3) is 0.350. The van der Waals surface area contributed by atoms with E-state index in [1.807, 2.05) is 30.3 Å². The molecule has 4 aromatic rings. The van der Waals surface area contributed by atoms with Crippen LogP contribution in [0.15, 0.2) is 41.0 Å². The number of anilines is 2. The number of aromatic nitrogens is 7. The summed E-state index contributed by atoms with van der Waals surface area (Å²) >= 11 is 3.55. The number of halogens is 1. The molecule has 0 spiro atoms. The van der Waals surface area contributed by atoms with Crippen LogP contribution in [-0.4, -0.2) is 72.4 Å². The van der Waals surface area contributed by atoms with E-state index in [0.29, 0.717) is 30.3 Å². The van der Waals surface area contributed by atoms with Gasteiger partial charge >= 0.3 is 0 Å². The van der Waals surface area contributed by atoms with E-state index in [1.54, 1.807) is 10.7 Å². The van der Waals surface area contributed by atoms with Gasteiger partial charge in [-0.2, -0.15) is 19.6 Å². The number of hydrogen-bond donors (Lipinski definition) is 2. The lowest BCUT2D eigenvalue weighted by Gasteiger charge is -2.37. The van der Waals surface area contributed by atoms with Crippen LogP contribution in [0.1, 0.15) is 12.7 Å². The second-order valence-corrected chi connectivity index (χ2v) is 8.54. The van der Waals surface area contributed by atoms with Crippen LogP contribution < -0.4 is 10.2 Å². The third-order valence-corrected chi connectivity index (χ3v) is 6.11. The monoisotopic (exact) mass is 482 g/mol. The minimum atomic E-state index is 0.433. The van der Waals surface area contributed by atoms with Crippen molar-refractivity contribution in [2.24, 2.45) is 0 Å². The second-order valence-electron chi connectivity index (χ2n) is 7.69. The molecule has 10 nitrogen and oxygen atoms in total.